The van der Waals surface area contributed by atoms with Crippen molar-refractivity contribution in [2.24, 2.45) is 17.8 Å². The second-order valence-corrected chi connectivity index (χ2v) is 14.4. The molecule has 4 aliphatic carbocycles. The summed E-state index contributed by atoms with van der Waals surface area (Å²) in [6.45, 7) is 3.59. The van der Waals surface area contributed by atoms with Gasteiger partial charge < -0.3 is 14.2 Å². The zero-order valence-electron chi connectivity index (χ0n) is 20.8. The van der Waals surface area contributed by atoms with E-state index in [9.17, 15) is 35.2 Å². The van der Waals surface area contributed by atoms with Gasteiger partial charge in [-0.1, -0.05) is 13.8 Å². The molecule has 4 saturated carbocycles. The van der Waals surface area contributed by atoms with Gasteiger partial charge in [-0.3, -0.25) is 4.79 Å². The molecular weight excluding hydrogens is 524 g/mol. The van der Waals surface area contributed by atoms with Gasteiger partial charge in [0, 0.05) is 13.0 Å². The van der Waals surface area contributed by atoms with Crippen molar-refractivity contribution in [3.05, 3.63) is 0 Å². The lowest BCUT2D eigenvalue weighted by Gasteiger charge is -2.60. The number of nitrogens with one attached hydrogen (secondary N) is 1. The highest BCUT2D eigenvalue weighted by molar-refractivity contribution is 8.05. The van der Waals surface area contributed by atoms with E-state index in [1.54, 1.807) is 0 Å². The summed E-state index contributed by atoms with van der Waals surface area (Å²) < 4.78 is 90.2. The largest absolute Gasteiger partial charge is 0.460 e. The predicted molar refractivity (Wildman–Crippen MR) is 124 cm³/mol. The lowest BCUT2D eigenvalue weighted by molar-refractivity contribution is -0.236. The Balaban J connectivity index is 1.47. The Bertz CT molecular complexity index is 1050. The van der Waals surface area contributed by atoms with E-state index in [4.69, 9.17) is 9.47 Å². The van der Waals surface area contributed by atoms with Gasteiger partial charge in [-0.2, -0.15) is 8.78 Å². The molecule has 208 valence electrons. The van der Waals surface area contributed by atoms with Crippen molar-refractivity contribution in [1.29, 1.82) is 0 Å². The van der Waals surface area contributed by atoms with Gasteiger partial charge in [0.05, 0.1) is 24.4 Å². The van der Waals surface area contributed by atoms with E-state index in [0.29, 0.717) is 37.4 Å². The Morgan fingerprint density at radius 2 is 1.58 bits per heavy atom. The maximum absolute atomic E-state index is 13.9. The summed E-state index contributed by atoms with van der Waals surface area (Å²) in [5, 5.41) is -5.06. The summed E-state index contributed by atoms with van der Waals surface area (Å²) in [5.74, 6) is -1.86. The van der Waals surface area contributed by atoms with E-state index in [0.717, 1.165) is 36.2 Å². The van der Waals surface area contributed by atoms with Crippen molar-refractivity contribution in [3.63, 3.8) is 0 Å². The average Bonchev–Trinajstić information content (AvgIpc) is 2.72. The first kappa shape index (κ1) is 29.2. The third-order valence-corrected chi connectivity index (χ3v) is 10.2. The summed E-state index contributed by atoms with van der Waals surface area (Å²) in [6, 6.07) is 0. The van der Waals surface area contributed by atoms with Crippen LogP contribution in [0.1, 0.15) is 71.6 Å². The second-order valence-electron chi connectivity index (χ2n) is 10.6. The summed E-state index contributed by atoms with van der Waals surface area (Å²) in [6.07, 6.45) is 6.74. The molecule has 3 unspecified atom stereocenters. The molecule has 0 aromatic carbocycles. The first-order valence-electron chi connectivity index (χ1n) is 12.2. The lowest BCUT2D eigenvalue weighted by atomic mass is 9.52. The Hall–Kier alpha value is -1.38. The SMILES string of the molecule is CCC(C)C(=O)OC12CC3CC(CC(OCCCCOC(=O)C(F)(F)S(=O)(=O)NS(C)(=O)=O)(C3)C1)C2. The number of halogens is 2. The Kier molecular flexibility index (Phi) is 8.44. The van der Waals surface area contributed by atoms with Crippen molar-refractivity contribution in [3.8, 4) is 0 Å². The van der Waals surface area contributed by atoms with Crippen molar-refractivity contribution in [2.75, 3.05) is 19.5 Å². The smallest absolute Gasteiger partial charge is 0.455 e. The molecule has 3 atom stereocenters. The van der Waals surface area contributed by atoms with Crippen LogP contribution in [-0.2, 0) is 43.8 Å². The maximum Gasteiger partial charge on any atom is 0.455 e. The predicted octanol–water partition coefficient (Wildman–Crippen LogP) is 2.48. The van der Waals surface area contributed by atoms with Crippen LogP contribution in [-0.4, -0.2) is 64.7 Å². The van der Waals surface area contributed by atoms with Crippen LogP contribution in [0.3, 0.4) is 0 Å². The normalized spacial score (nSPS) is 30.7. The summed E-state index contributed by atoms with van der Waals surface area (Å²) in [7, 11) is -10.4. The van der Waals surface area contributed by atoms with Crippen LogP contribution in [0, 0.1) is 17.8 Å². The van der Waals surface area contributed by atoms with Crippen LogP contribution in [0.5, 0.6) is 0 Å². The van der Waals surface area contributed by atoms with Gasteiger partial charge in [-0.25, -0.2) is 21.6 Å². The molecule has 0 aromatic heterocycles. The first-order chi connectivity index (χ1) is 16.5. The molecule has 10 nitrogen and oxygen atoms in total. The minimum absolute atomic E-state index is 0.137. The number of carbonyl (C=O) groups excluding carboxylic acids is 2. The molecule has 0 aromatic rings. The Morgan fingerprint density at radius 1 is 1.03 bits per heavy atom. The molecule has 4 bridgehead atoms. The monoisotopic (exact) mass is 559 g/mol. The number of hydrogen-bond donors (Lipinski definition) is 1. The molecule has 0 heterocycles. The molecule has 0 saturated heterocycles. The minimum atomic E-state index is -5.82. The lowest BCUT2D eigenvalue weighted by Crippen LogP contribution is -2.61. The van der Waals surface area contributed by atoms with Gasteiger partial charge in [0.25, 0.3) is 0 Å². The fourth-order valence-corrected chi connectivity index (χ4v) is 8.26. The molecule has 4 aliphatic rings. The van der Waals surface area contributed by atoms with E-state index in [1.165, 1.54) is 0 Å². The Labute approximate surface area is 210 Å². The molecule has 0 radical (unpaired) electrons. The maximum atomic E-state index is 13.9. The van der Waals surface area contributed by atoms with Crippen LogP contribution in [0.2, 0.25) is 0 Å². The van der Waals surface area contributed by atoms with Gasteiger partial charge in [0.1, 0.15) is 5.60 Å². The number of alkyl halides is 2. The van der Waals surface area contributed by atoms with Crippen molar-refractivity contribution >= 4 is 32.0 Å². The number of ether oxygens (including phenoxy) is 3. The summed E-state index contributed by atoms with van der Waals surface area (Å²) in [4.78, 5) is 24.1. The average molecular weight is 560 g/mol. The van der Waals surface area contributed by atoms with Gasteiger partial charge in [-0.05, 0) is 63.2 Å². The molecule has 0 aliphatic heterocycles. The number of unbranched alkanes of at least 4 members (excludes halogenated alkanes) is 1. The topological polar surface area (TPSA) is 142 Å². The van der Waals surface area contributed by atoms with E-state index < -0.39 is 49.1 Å². The second kappa shape index (κ2) is 10.4. The number of sulfonamides is 2. The fourth-order valence-electron chi connectivity index (χ4n) is 5.97. The third kappa shape index (κ3) is 6.54. The van der Waals surface area contributed by atoms with Gasteiger partial charge in [0.2, 0.25) is 10.0 Å². The van der Waals surface area contributed by atoms with Crippen LogP contribution in [0.4, 0.5) is 8.78 Å². The van der Waals surface area contributed by atoms with Gasteiger partial charge >= 0.3 is 27.2 Å². The number of carbonyl (C=O) groups is 2. The van der Waals surface area contributed by atoms with E-state index in [1.807, 2.05) is 13.8 Å². The highest BCUT2D eigenvalue weighted by Gasteiger charge is 2.60. The van der Waals surface area contributed by atoms with Crippen molar-refractivity contribution in [2.45, 2.75) is 88.1 Å². The standard InChI is InChI=1S/C22H35F2NO9S2/c1-4-15(2)18(26)34-21-12-16-9-17(13-21)11-20(10-16,14-21)33-8-6-5-7-32-19(27)22(23,24)36(30,31)25-35(3,28)29/h15-17,25H,4-14H2,1-3H3. The molecule has 0 amide bonds. The van der Waals surface area contributed by atoms with Crippen LogP contribution in [0.15, 0.2) is 0 Å². The fraction of sp³-hybridized carbons (Fsp3) is 0.909. The molecule has 36 heavy (non-hydrogen) atoms. The minimum Gasteiger partial charge on any atom is -0.460 e. The number of rotatable bonds is 13. The summed E-state index contributed by atoms with van der Waals surface area (Å²) in [5.41, 5.74) is -0.911. The van der Waals surface area contributed by atoms with E-state index in [2.05, 4.69) is 4.74 Å². The van der Waals surface area contributed by atoms with E-state index in [-0.39, 0.29) is 24.9 Å². The molecule has 14 heteroatoms. The molecule has 1 N–H and O–H groups in total. The van der Waals surface area contributed by atoms with Crippen LogP contribution >= 0.6 is 0 Å². The van der Waals surface area contributed by atoms with Crippen molar-refractivity contribution in [1.82, 2.24) is 4.13 Å². The van der Waals surface area contributed by atoms with Crippen molar-refractivity contribution < 1.29 is 49.4 Å². The number of esters is 2. The molecule has 4 rings (SSSR count). The zero-order chi connectivity index (χ0) is 27.0. The van der Waals surface area contributed by atoms with Gasteiger partial charge in [0.15, 0.2) is 0 Å². The Morgan fingerprint density at radius 3 is 2.14 bits per heavy atom. The van der Waals surface area contributed by atoms with E-state index >= 15 is 0 Å². The molecule has 0 spiro atoms. The highest BCUT2D eigenvalue weighted by atomic mass is 32.3. The van der Waals surface area contributed by atoms with Gasteiger partial charge in [-0.15, -0.1) is 4.13 Å². The highest BCUT2D eigenvalue weighted by Crippen LogP contribution is 2.60. The molecule has 4 fully saturated rings. The first-order valence-corrected chi connectivity index (χ1v) is 15.5. The molecular formula is C22H35F2NO9S2. The van der Waals surface area contributed by atoms with Crippen LogP contribution < -0.4 is 4.13 Å². The summed E-state index contributed by atoms with van der Waals surface area (Å²) >= 11 is 0. The zero-order valence-corrected chi connectivity index (χ0v) is 22.4. The quantitative estimate of drug-likeness (QED) is 0.266. The third-order valence-electron chi connectivity index (χ3n) is 7.30. The van der Waals surface area contributed by atoms with Crippen LogP contribution in [0.25, 0.3) is 0 Å². The number of hydrogen-bond acceptors (Lipinski definition) is 9.